The molecule has 11 aromatic carbocycles. The molecule has 0 N–H and O–H groups in total. The predicted molar refractivity (Wildman–Crippen MR) is 232 cm³/mol. The summed E-state index contributed by atoms with van der Waals surface area (Å²) in [7, 11) is 0. The van der Waals surface area contributed by atoms with Crippen LogP contribution in [0.5, 0.6) is 0 Å². The van der Waals surface area contributed by atoms with Crippen LogP contribution in [0.1, 0.15) is 22.3 Å². The number of fused-ring (bicyclic) bond motifs is 13. The van der Waals surface area contributed by atoms with Crippen molar-refractivity contribution >= 4 is 53.9 Å². The molecule has 0 aromatic heterocycles. The Morgan fingerprint density at radius 3 is 1.55 bits per heavy atom. The van der Waals surface area contributed by atoms with Gasteiger partial charge in [0.05, 0.1) is 5.41 Å². The van der Waals surface area contributed by atoms with Crippen LogP contribution in [0.4, 0.5) is 0 Å². The summed E-state index contributed by atoms with van der Waals surface area (Å²) in [5.41, 5.74) is 15.3. The third-order valence-corrected chi connectivity index (χ3v) is 12.9. The minimum absolute atomic E-state index is 0.490. The average Bonchev–Trinajstić information content (AvgIpc) is 3.72. The van der Waals surface area contributed by atoms with E-state index in [1.165, 1.54) is 121 Å². The van der Waals surface area contributed by atoms with Crippen molar-refractivity contribution in [1.82, 2.24) is 0 Å². The van der Waals surface area contributed by atoms with Gasteiger partial charge in [0.25, 0.3) is 0 Å². The van der Waals surface area contributed by atoms with Crippen molar-refractivity contribution in [2.24, 2.45) is 0 Å². The molecule has 0 heterocycles. The number of benzene rings is 11. The van der Waals surface area contributed by atoms with E-state index in [1.54, 1.807) is 0 Å². The first-order valence-electron chi connectivity index (χ1n) is 19.3. The molecule has 0 atom stereocenters. The monoisotopic (exact) mass is 692 g/mol. The molecule has 252 valence electrons. The molecule has 0 radical (unpaired) electrons. The van der Waals surface area contributed by atoms with Gasteiger partial charge in [0.15, 0.2) is 0 Å². The Balaban J connectivity index is 1.20. The van der Waals surface area contributed by atoms with Crippen molar-refractivity contribution in [2.45, 2.75) is 5.41 Å². The molecule has 2 aliphatic rings. The Morgan fingerprint density at radius 1 is 0.273 bits per heavy atom. The second kappa shape index (κ2) is 10.6. The standard InChI is InChI=1S/C55H32/c1-2-12-37-28-38(23-20-33(37)10-1)47-31-42(41-29-39-24-21-35-13-9-14-36-22-25-40(30-41)52(39)51(35)36)32-50-53(47)46-27-26-34-11-3-4-15-43(34)54(46)55(50)48-18-7-5-16-44(48)45-17-6-8-19-49(45)55/h1-32H. The van der Waals surface area contributed by atoms with Gasteiger partial charge in [-0.1, -0.05) is 164 Å². The van der Waals surface area contributed by atoms with E-state index >= 15 is 0 Å². The molecule has 0 fully saturated rings. The Kier molecular flexibility index (Phi) is 5.65. The highest BCUT2D eigenvalue weighted by Crippen LogP contribution is 2.66. The smallest absolute Gasteiger partial charge is 0.0619 e. The van der Waals surface area contributed by atoms with Gasteiger partial charge in [-0.15, -0.1) is 0 Å². The number of hydrogen-bond donors (Lipinski definition) is 0. The normalized spacial score (nSPS) is 13.6. The molecule has 0 aliphatic heterocycles. The van der Waals surface area contributed by atoms with Crippen molar-refractivity contribution in [2.75, 3.05) is 0 Å². The van der Waals surface area contributed by atoms with Crippen LogP contribution in [-0.4, -0.2) is 0 Å². The van der Waals surface area contributed by atoms with Crippen molar-refractivity contribution in [1.29, 1.82) is 0 Å². The topological polar surface area (TPSA) is 0 Å². The van der Waals surface area contributed by atoms with E-state index in [9.17, 15) is 0 Å². The highest BCUT2D eigenvalue weighted by molar-refractivity contribution is 6.24. The van der Waals surface area contributed by atoms with Crippen LogP contribution < -0.4 is 0 Å². The molecular weight excluding hydrogens is 661 g/mol. The zero-order valence-electron chi connectivity index (χ0n) is 30.0. The van der Waals surface area contributed by atoms with Gasteiger partial charge in [-0.2, -0.15) is 0 Å². The SMILES string of the molecule is c1ccc2c(c1)-c1ccccc1C21c2cc(-c3cc4ccc5cccc6ccc(c3)c4c56)cc(-c3ccc4ccccc4c3)c2-c2ccc3ccccc3c21. The van der Waals surface area contributed by atoms with E-state index in [0.717, 1.165) is 0 Å². The largest absolute Gasteiger partial charge is 0.0731 e. The van der Waals surface area contributed by atoms with Crippen molar-refractivity contribution < 1.29 is 0 Å². The second-order valence-electron chi connectivity index (χ2n) is 15.6. The van der Waals surface area contributed by atoms with Crippen LogP contribution >= 0.6 is 0 Å². The van der Waals surface area contributed by atoms with Crippen LogP contribution in [0, 0.1) is 0 Å². The summed E-state index contributed by atoms with van der Waals surface area (Å²) in [6, 6.07) is 73.6. The summed E-state index contributed by atoms with van der Waals surface area (Å²) in [4.78, 5) is 0. The molecule has 55 heavy (non-hydrogen) atoms. The lowest BCUT2D eigenvalue weighted by atomic mass is 9.69. The summed E-state index contributed by atoms with van der Waals surface area (Å²) in [6.07, 6.45) is 0. The quantitative estimate of drug-likeness (QED) is 0.158. The van der Waals surface area contributed by atoms with Gasteiger partial charge < -0.3 is 0 Å². The fraction of sp³-hybridized carbons (Fsp3) is 0.0182. The molecule has 0 unspecified atom stereocenters. The number of rotatable bonds is 2. The molecule has 11 aromatic rings. The molecular formula is C55H32. The van der Waals surface area contributed by atoms with Crippen LogP contribution in [0.15, 0.2) is 194 Å². The van der Waals surface area contributed by atoms with Gasteiger partial charge in [-0.05, 0) is 151 Å². The lowest BCUT2D eigenvalue weighted by Crippen LogP contribution is -2.26. The lowest BCUT2D eigenvalue weighted by molar-refractivity contribution is 0.802. The minimum atomic E-state index is -0.490. The highest BCUT2D eigenvalue weighted by atomic mass is 14.5. The van der Waals surface area contributed by atoms with Gasteiger partial charge in [-0.3, -0.25) is 0 Å². The third-order valence-electron chi connectivity index (χ3n) is 12.9. The first-order valence-corrected chi connectivity index (χ1v) is 19.3. The second-order valence-corrected chi connectivity index (χ2v) is 15.6. The Labute approximate surface area is 318 Å². The molecule has 2 aliphatic carbocycles. The summed E-state index contributed by atoms with van der Waals surface area (Å²) in [5, 5.41) is 13.0. The Bertz CT molecular complexity index is 3320. The maximum atomic E-state index is 2.56. The molecule has 0 nitrogen and oxygen atoms in total. The van der Waals surface area contributed by atoms with Crippen LogP contribution in [-0.2, 0) is 5.41 Å². The van der Waals surface area contributed by atoms with Crippen LogP contribution in [0.2, 0.25) is 0 Å². The molecule has 0 amide bonds. The predicted octanol–water partition coefficient (Wildman–Crippen LogP) is 14.6. The number of hydrogen-bond acceptors (Lipinski definition) is 0. The summed E-state index contributed by atoms with van der Waals surface area (Å²) >= 11 is 0. The molecule has 13 rings (SSSR count). The van der Waals surface area contributed by atoms with Crippen LogP contribution in [0.25, 0.3) is 98.4 Å². The van der Waals surface area contributed by atoms with Gasteiger partial charge >= 0.3 is 0 Å². The maximum absolute atomic E-state index is 2.56. The molecule has 0 saturated heterocycles. The maximum Gasteiger partial charge on any atom is 0.0731 e. The first kappa shape index (κ1) is 29.4. The zero-order chi connectivity index (χ0) is 35.8. The van der Waals surface area contributed by atoms with E-state index in [4.69, 9.17) is 0 Å². The summed E-state index contributed by atoms with van der Waals surface area (Å²) in [6.45, 7) is 0. The van der Waals surface area contributed by atoms with E-state index in [2.05, 4.69) is 194 Å². The van der Waals surface area contributed by atoms with E-state index < -0.39 is 5.41 Å². The summed E-state index contributed by atoms with van der Waals surface area (Å²) < 4.78 is 0. The van der Waals surface area contributed by atoms with Gasteiger partial charge in [0, 0.05) is 0 Å². The fourth-order valence-electron chi connectivity index (χ4n) is 10.7. The van der Waals surface area contributed by atoms with Crippen molar-refractivity contribution in [3.8, 4) is 44.5 Å². The molecule has 1 spiro atoms. The molecule has 0 saturated carbocycles. The zero-order valence-corrected chi connectivity index (χ0v) is 30.0. The van der Waals surface area contributed by atoms with Gasteiger partial charge in [0.1, 0.15) is 0 Å². The average molecular weight is 693 g/mol. The van der Waals surface area contributed by atoms with Gasteiger partial charge in [0.2, 0.25) is 0 Å². The Hall–Kier alpha value is -7.02. The summed E-state index contributed by atoms with van der Waals surface area (Å²) in [5.74, 6) is 0. The van der Waals surface area contributed by atoms with E-state index in [0.29, 0.717) is 0 Å². The van der Waals surface area contributed by atoms with Crippen molar-refractivity contribution in [3.63, 3.8) is 0 Å². The van der Waals surface area contributed by atoms with Crippen molar-refractivity contribution in [3.05, 3.63) is 216 Å². The fourth-order valence-corrected chi connectivity index (χ4v) is 10.7. The first-order chi connectivity index (χ1) is 27.3. The Morgan fingerprint density at radius 2 is 0.800 bits per heavy atom. The van der Waals surface area contributed by atoms with E-state index in [-0.39, 0.29) is 0 Å². The third kappa shape index (κ3) is 3.76. The molecule has 0 heteroatoms. The van der Waals surface area contributed by atoms with Crippen LogP contribution in [0.3, 0.4) is 0 Å². The van der Waals surface area contributed by atoms with E-state index in [1.807, 2.05) is 0 Å². The lowest BCUT2D eigenvalue weighted by Gasteiger charge is -2.32. The minimum Gasteiger partial charge on any atom is -0.0619 e. The van der Waals surface area contributed by atoms with Gasteiger partial charge in [-0.25, -0.2) is 0 Å². The highest BCUT2D eigenvalue weighted by Gasteiger charge is 2.53. The molecule has 0 bridgehead atoms.